The number of alkyl halides is 3. The Hall–Kier alpha value is -3.68. The van der Waals surface area contributed by atoms with E-state index < -0.39 is 30.0 Å². The van der Waals surface area contributed by atoms with Gasteiger partial charge in [-0.15, -0.1) is 0 Å². The smallest absolute Gasteiger partial charge is 0.366 e. The van der Waals surface area contributed by atoms with Gasteiger partial charge in [-0.3, -0.25) is 14.5 Å². The van der Waals surface area contributed by atoms with Gasteiger partial charge in [-0.25, -0.2) is 0 Å². The molecule has 0 spiro atoms. The van der Waals surface area contributed by atoms with Crippen molar-refractivity contribution in [3.05, 3.63) is 76.0 Å². The first kappa shape index (κ1) is 22.5. The largest absolute Gasteiger partial charge is 0.416 e. The Balaban J connectivity index is 1.90. The summed E-state index contributed by atoms with van der Waals surface area (Å²) in [6, 6.07) is 9.85. The average molecular weight is 456 g/mol. The van der Waals surface area contributed by atoms with Crippen molar-refractivity contribution in [2.45, 2.75) is 31.4 Å². The zero-order valence-electron chi connectivity index (χ0n) is 17.4. The molecule has 10 heteroatoms. The first-order valence-corrected chi connectivity index (χ1v) is 10.0. The van der Waals surface area contributed by atoms with Crippen LogP contribution in [-0.2, 0) is 11.0 Å². The molecule has 2 aromatic carbocycles. The first-order chi connectivity index (χ1) is 15.5. The van der Waals surface area contributed by atoms with Crippen LogP contribution in [0.4, 0.5) is 18.9 Å². The third-order valence-corrected chi connectivity index (χ3v) is 5.96. The third-order valence-electron chi connectivity index (χ3n) is 5.96. The molecule has 1 amide bonds. The lowest BCUT2D eigenvalue weighted by Gasteiger charge is -2.45. The van der Waals surface area contributed by atoms with Crippen LogP contribution in [0, 0.1) is 11.3 Å². The summed E-state index contributed by atoms with van der Waals surface area (Å²) in [5.74, 6) is -1.05. The standard InChI is InChI=1S/C23H19F3N4O3/c1-29-20(15-6-5-12(11-27)9-16(15)21(28)32)19-17(7-8-18(19)31)30(22(29)33)14-4-2-3-13(10-14)23(24,25)26/h2-6,9-10,20,22,33H,7-8H2,1H3,(H2,28,32). The maximum absolute atomic E-state index is 13.3. The minimum atomic E-state index is -4.58. The Morgan fingerprint density at radius 2 is 1.94 bits per heavy atom. The number of ketones is 1. The van der Waals surface area contributed by atoms with Gasteiger partial charge < -0.3 is 15.7 Å². The van der Waals surface area contributed by atoms with E-state index in [0.717, 1.165) is 12.1 Å². The number of carbonyl (C=O) groups excluding carboxylic acids is 2. The van der Waals surface area contributed by atoms with Gasteiger partial charge in [-0.1, -0.05) is 12.1 Å². The summed E-state index contributed by atoms with van der Waals surface area (Å²) in [7, 11) is 1.49. The average Bonchev–Trinajstić information content (AvgIpc) is 3.14. The first-order valence-electron chi connectivity index (χ1n) is 10.0. The van der Waals surface area contributed by atoms with Crippen LogP contribution in [0.15, 0.2) is 53.7 Å². The van der Waals surface area contributed by atoms with Crippen molar-refractivity contribution in [1.82, 2.24) is 4.90 Å². The SMILES string of the molecule is CN1C(c2ccc(C#N)cc2C(N)=O)C2=C(CCC2=O)N(c2cccc(C(F)(F)F)c2)C1O. The number of nitrogens with two attached hydrogens (primary N) is 1. The molecule has 3 N–H and O–H groups in total. The molecule has 2 aromatic rings. The number of aliphatic hydroxyl groups is 1. The molecule has 2 aliphatic rings. The molecule has 0 aromatic heterocycles. The van der Waals surface area contributed by atoms with Crippen LogP contribution in [0.1, 0.15) is 45.9 Å². The molecule has 1 aliphatic heterocycles. The number of anilines is 1. The van der Waals surface area contributed by atoms with Crippen molar-refractivity contribution in [1.29, 1.82) is 5.26 Å². The zero-order chi connectivity index (χ0) is 24.1. The summed E-state index contributed by atoms with van der Waals surface area (Å²) in [6.07, 6.45) is -5.68. The molecule has 0 bridgehead atoms. The summed E-state index contributed by atoms with van der Waals surface area (Å²) in [6.45, 7) is 0. The van der Waals surface area contributed by atoms with Gasteiger partial charge in [0.2, 0.25) is 5.91 Å². The Morgan fingerprint density at radius 3 is 2.58 bits per heavy atom. The van der Waals surface area contributed by atoms with E-state index in [9.17, 15) is 27.9 Å². The molecule has 0 fully saturated rings. The summed E-state index contributed by atoms with van der Waals surface area (Å²) < 4.78 is 39.8. The number of allylic oxidation sites excluding steroid dienone is 1. The highest BCUT2D eigenvalue weighted by Gasteiger charge is 2.45. The number of halogens is 3. The monoisotopic (exact) mass is 456 g/mol. The normalized spacial score (nSPS) is 21.2. The fourth-order valence-corrected chi connectivity index (χ4v) is 4.46. The number of likely N-dealkylation sites (N-methyl/N-ethyl adjacent to an activating group) is 1. The van der Waals surface area contributed by atoms with E-state index >= 15 is 0 Å². The van der Waals surface area contributed by atoms with Gasteiger partial charge in [-0.2, -0.15) is 18.4 Å². The second-order valence-corrected chi connectivity index (χ2v) is 7.89. The van der Waals surface area contributed by atoms with Gasteiger partial charge in [0.25, 0.3) is 0 Å². The molecule has 0 saturated carbocycles. The molecule has 170 valence electrons. The number of rotatable bonds is 3. The van der Waals surface area contributed by atoms with Gasteiger partial charge in [0.1, 0.15) is 0 Å². The molecule has 1 aliphatic carbocycles. The number of amides is 1. The fourth-order valence-electron chi connectivity index (χ4n) is 4.46. The second-order valence-electron chi connectivity index (χ2n) is 7.89. The second kappa shape index (κ2) is 8.03. The molecule has 4 rings (SSSR count). The van der Waals surface area contributed by atoms with Crippen LogP contribution < -0.4 is 10.6 Å². The van der Waals surface area contributed by atoms with E-state index in [1.54, 1.807) is 0 Å². The van der Waals surface area contributed by atoms with E-state index in [0.29, 0.717) is 11.3 Å². The van der Waals surface area contributed by atoms with Crippen molar-refractivity contribution in [3.63, 3.8) is 0 Å². The molecule has 33 heavy (non-hydrogen) atoms. The van der Waals surface area contributed by atoms with Gasteiger partial charge in [-0.05, 0) is 49.4 Å². The number of Topliss-reactive ketones (excluding diaryl/α,β-unsaturated/α-hetero) is 1. The van der Waals surface area contributed by atoms with E-state index in [4.69, 9.17) is 11.0 Å². The number of nitriles is 1. The van der Waals surface area contributed by atoms with E-state index in [1.165, 1.54) is 47.2 Å². The summed E-state index contributed by atoms with van der Waals surface area (Å²) in [4.78, 5) is 27.7. The third kappa shape index (κ3) is 3.75. The van der Waals surface area contributed by atoms with Crippen molar-refractivity contribution in [3.8, 4) is 6.07 Å². The van der Waals surface area contributed by atoms with Crippen molar-refractivity contribution in [2.24, 2.45) is 5.73 Å². The van der Waals surface area contributed by atoms with Gasteiger partial charge in [0, 0.05) is 28.9 Å². The molecular weight excluding hydrogens is 437 g/mol. The van der Waals surface area contributed by atoms with E-state index in [1.807, 2.05) is 6.07 Å². The Bertz CT molecular complexity index is 1230. The topological polar surface area (TPSA) is 111 Å². The number of hydrogen-bond donors (Lipinski definition) is 2. The molecule has 2 atom stereocenters. The predicted molar refractivity (Wildman–Crippen MR) is 111 cm³/mol. The number of carbonyl (C=O) groups is 2. The van der Waals surface area contributed by atoms with E-state index in [2.05, 4.69) is 0 Å². The van der Waals surface area contributed by atoms with Crippen LogP contribution >= 0.6 is 0 Å². The molecule has 0 saturated heterocycles. The summed E-state index contributed by atoms with van der Waals surface area (Å²) in [5, 5.41) is 20.3. The molecular formula is C23H19F3N4O3. The van der Waals surface area contributed by atoms with Crippen LogP contribution in [0.2, 0.25) is 0 Å². The van der Waals surface area contributed by atoms with Crippen LogP contribution in [0.3, 0.4) is 0 Å². The quantitative estimate of drug-likeness (QED) is 0.735. The predicted octanol–water partition coefficient (Wildman–Crippen LogP) is 3.06. The number of nitrogens with zero attached hydrogens (tertiary/aromatic N) is 3. The fraction of sp³-hybridized carbons (Fsp3) is 0.261. The highest BCUT2D eigenvalue weighted by molar-refractivity contribution is 6.02. The number of primary amides is 1. The molecule has 0 radical (unpaired) electrons. The number of hydrogen-bond acceptors (Lipinski definition) is 6. The van der Waals surface area contributed by atoms with Crippen molar-refractivity contribution >= 4 is 17.4 Å². The van der Waals surface area contributed by atoms with Crippen LogP contribution in [0.25, 0.3) is 0 Å². The van der Waals surface area contributed by atoms with Gasteiger partial charge in [0.05, 0.1) is 23.2 Å². The van der Waals surface area contributed by atoms with Crippen molar-refractivity contribution < 1.29 is 27.9 Å². The summed E-state index contributed by atoms with van der Waals surface area (Å²) >= 11 is 0. The zero-order valence-corrected chi connectivity index (χ0v) is 17.4. The van der Waals surface area contributed by atoms with Gasteiger partial charge in [0.15, 0.2) is 12.1 Å². The lowest BCUT2D eigenvalue weighted by Crippen LogP contribution is -2.52. The van der Waals surface area contributed by atoms with Crippen molar-refractivity contribution in [2.75, 3.05) is 11.9 Å². The summed E-state index contributed by atoms with van der Waals surface area (Å²) in [5.41, 5.74) is 5.93. The highest BCUT2D eigenvalue weighted by Crippen LogP contribution is 2.46. The molecule has 7 nitrogen and oxygen atoms in total. The number of aliphatic hydroxyl groups excluding tert-OH is 1. The number of benzene rings is 2. The highest BCUT2D eigenvalue weighted by atomic mass is 19.4. The molecule has 1 heterocycles. The molecule has 2 unspecified atom stereocenters. The minimum Gasteiger partial charge on any atom is -0.366 e. The lowest BCUT2D eigenvalue weighted by atomic mass is 9.89. The van der Waals surface area contributed by atoms with Crippen LogP contribution in [-0.4, -0.2) is 35.1 Å². The lowest BCUT2D eigenvalue weighted by molar-refractivity contribution is -0.137. The Kier molecular flexibility index (Phi) is 5.47. The maximum Gasteiger partial charge on any atom is 0.416 e. The Labute approximate surface area is 187 Å². The maximum atomic E-state index is 13.3. The minimum absolute atomic E-state index is 0.0252. The van der Waals surface area contributed by atoms with E-state index in [-0.39, 0.29) is 41.0 Å². The van der Waals surface area contributed by atoms with Crippen LogP contribution in [0.5, 0.6) is 0 Å². The Morgan fingerprint density at radius 1 is 1.21 bits per heavy atom. The van der Waals surface area contributed by atoms with Gasteiger partial charge >= 0.3 is 6.18 Å².